The third-order valence-electron chi connectivity index (χ3n) is 4.46. The van der Waals surface area contributed by atoms with Crippen molar-refractivity contribution in [3.8, 4) is 0 Å². The monoisotopic (exact) mass is 319 g/mol. The third-order valence-corrected chi connectivity index (χ3v) is 4.46. The number of hydrogen-bond acceptors (Lipinski definition) is 4. The van der Waals surface area contributed by atoms with E-state index in [1.807, 2.05) is 24.5 Å². The molecular weight excluding hydrogens is 298 g/mol. The highest BCUT2D eigenvalue weighted by atomic mass is 15.2. The van der Waals surface area contributed by atoms with Gasteiger partial charge >= 0.3 is 0 Å². The molecule has 0 amide bonds. The average molecular weight is 319 g/mol. The fourth-order valence-electron chi connectivity index (χ4n) is 3.17. The molecule has 0 spiro atoms. The molecule has 1 unspecified atom stereocenters. The van der Waals surface area contributed by atoms with E-state index in [-0.39, 0.29) is 6.04 Å². The van der Waals surface area contributed by atoms with Crippen molar-refractivity contribution in [1.29, 1.82) is 0 Å². The van der Waals surface area contributed by atoms with Crippen molar-refractivity contribution in [2.75, 3.05) is 10.6 Å². The smallest absolute Gasteiger partial charge is 0.131 e. The van der Waals surface area contributed by atoms with Gasteiger partial charge in [-0.15, -0.1) is 0 Å². The fraction of sp³-hybridized carbons (Fsp3) is 0.263. The highest BCUT2D eigenvalue weighted by molar-refractivity contribution is 5.52. The minimum absolute atomic E-state index is 0.232. The highest BCUT2D eigenvalue weighted by Gasteiger charge is 2.25. The van der Waals surface area contributed by atoms with Crippen molar-refractivity contribution in [2.24, 2.45) is 0 Å². The second-order valence-corrected chi connectivity index (χ2v) is 6.16. The Kier molecular flexibility index (Phi) is 3.91. The van der Waals surface area contributed by atoms with Gasteiger partial charge in [-0.05, 0) is 25.0 Å². The highest BCUT2D eigenvalue weighted by Crippen LogP contribution is 2.29. The molecule has 0 aliphatic carbocycles. The second-order valence-electron chi connectivity index (χ2n) is 6.16. The van der Waals surface area contributed by atoms with Gasteiger partial charge in [-0.3, -0.25) is 0 Å². The van der Waals surface area contributed by atoms with Crippen LogP contribution in [0.25, 0.3) is 0 Å². The van der Waals surface area contributed by atoms with Gasteiger partial charge in [0.05, 0.1) is 6.04 Å². The quantitative estimate of drug-likeness (QED) is 0.752. The minimum atomic E-state index is 0.232. The first-order valence-corrected chi connectivity index (χ1v) is 8.32. The van der Waals surface area contributed by atoms with Crippen molar-refractivity contribution < 1.29 is 0 Å². The van der Waals surface area contributed by atoms with Crippen molar-refractivity contribution in [2.45, 2.75) is 32.5 Å². The number of pyridine rings is 1. The number of nitrogens with zero attached hydrogens (tertiary/aromatic N) is 3. The molecule has 3 heterocycles. The van der Waals surface area contributed by atoms with Crippen LogP contribution in [0.2, 0.25) is 0 Å². The average Bonchev–Trinajstić information content (AvgIpc) is 3.18. The molecule has 2 N–H and O–H groups in total. The summed E-state index contributed by atoms with van der Waals surface area (Å²) in [5.41, 5.74) is 3.55. The molecule has 0 bridgehead atoms. The SMILES string of the molecule is Cc1cnc2n1CCC2Nc1cc(NCc2ccccc2)ccn1. The van der Waals surface area contributed by atoms with Crippen LogP contribution < -0.4 is 10.6 Å². The first kappa shape index (κ1) is 14.8. The van der Waals surface area contributed by atoms with Crippen LogP contribution in [0.3, 0.4) is 0 Å². The number of aromatic nitrogens is 3. The van der Waals surface area contributed by atoms with E-state index in [0.717, 1.165) is 36.8 Å². The summed E-state index contributed by atoms with van der Waals surface area (Å²) in [5, 5.41) is 6.96. The molecule has 0 fully saturated rings. The molecule has 122 valence electrons. The number of fused-ring (bicyclic) bond motifs is 1. The molecule has 5 heteroatoms. The molecule has 24 heavy (non-hydrogen) atoms. The molecule has 1 aliphatic rings. The summed E-state index contributed by atoms with van der Waals surface area (Å²) in [4.78, 5) is 8.98. The predicted octanol–water partition coefficient (Wildman–Crippen LogP) is 3.76. The number of benzene rings is 1. The van der Waals surface area contributed by atoms with Crippen LogP contribution in [-0.4, -0.2) is 14.5 Å². The molecule has 3 aromatic rings. The van der Waals surface area contributed by atoms with E-state index in [2.05, 4.69) is 62.4 Å². The van der Waals surface area contributed by atoms with Gasteiger partial charge in [0.25, 0.3) is 0 Å². The second kappa shape index (κ2) is 6.35. The maximum atomic E-state index is 4.53. The van der Waals surface area contributed by atoms with Crippen molar-refractivity contribution in [1.82, 2.24) is 14.5 Å². The zero-order valence-electron chi connectivity index (χ0n) is 13.7. The van der Waals surface area contributed by atoms with Crippen LogP contribution in [0.15, 0.2) is 54.9 Å². The Labute approximate surface area is 141 Å². The lowest BCUT2D eigenvalue weighted by atomic mass is 10.2. The topological polar surface area (TPSA) is 54.8 Å². The van der Waals surface area contributed by atoms with E-state index in [4.69, 9.17) is 0 Å². The van der Waals surface area contributed by atoms with Crippen LogP contribution in [-0.2, 0) is 13.1 Å². The van der Waals surface area contributed by atoms with Gasteiger partial charge in [0, 0.05) is 42.9 Å². The molecule has 1 aliphatic heterocycles. The van der Waals surface area contributed by atoms with Gasteiger partial charge in [0.1, 0.15) is 11.6 Å². The largest absolute Gasteiger partial charge is 0.381 e. The molecule has 0 radical (unpaired) electrons. The van der Waals surface area contributed by atoms with Gasteiger partial charge < -0.3 is 15.2 Å². The lowest BCUT2D eigenvalue weighted by molar-refractivity contribution is 0.696. The van der Waals surface area contributed by atoms with Crippen molar-refractivity contribution >= 4 is 11.5 Å². The van der Waals surface area contributed by atoms with E-state index in [0.29, 0.717) is 0 Å². The van der Waals surface area contributed by atoms with Crippen LogP contribution >= 0.6 is 0 Å². The molecule has 0 saturated heterocycles. The Hall–Kier alpha value is -2.82. The molecule has 2 aromatic heterocycles. The molecule has 1 aromatic carbocycles. The number of rotatable bonds is 5. The molecule has 4 rings (SSSR count). The van der Waals surface area contributed by atoms with Crippen LogP contribution in [0.4, 0.5) is 11.5 Å². The first-order chi connectivity index (χ1) is 11.8. The summed E-state index contributed by atoms with van der Waals surface area (Å²) in [6, 6.07) is 14.7. The number of nitrogens with one attached hydrogen (secondary N) is 2. The van der Waals surface area contributed by atoms with Crippen molar-refractivity contribution in [3.05, 3.63) is 71.9 Å². The van der Waals surface area contributed by atoms with E-state index < -0.39 is 0 Å². The van der Waals surface area contributed by atoms with Gasteiger partial charge in [0.15, 0.2) is 0 Å². The Morgan fingerprint density at radius 3 is 2.92 bits per heavy atom. The number of hydrogen-bond donors (Lipinski definition) is 2. The maximum absolute atomic E-state index is 4.53. The third kappa shape index (κ3) is 2.97. The Morgan fingerprint density at radius 1 is 1.17 bits per heavy atom. The summed E-state index contributed by atoms with van der Waals surface area (Å²) in [6.07, 6.45) is 4.82. The standard InChI is InChI=1S/C19H21N5/c1-14-12-22-19-17(8-10-24(14)19)23-18-11-16(7-9-20-18)21-13-15-5-3-2-4-6-15/h2-7,9,11-12,17H,8,10,13H2,1H3,(H2,20,21,23). The lowest BCUT2D eigenvalue weighted by Crippen LogP contribution is -2.10. The van der Waals surface area contributed by atoms with E-state index in [9.17, 15) is 0 Å². The van der Waals surface area contributed by atoms with Crippen LogP contribution in [0.5, 0.6) is 0 Å². The molecule has 5 nitrogen and oxygen atoms in total. The zero-order chi connectivity index (χ0) is 16.4. The Morgan fingerprint density at radius 2 is 2.04 bits per heavy atom. The first-order valence-electron chi connectivity index (χ1n) is 8.32. The summed E-state index contributed by atoms with van der Waals surface area (Å²) in [7, 11) is 0. The fourth-order valence-corrected chi connectivity index (χ4v) is 3.17. The summed E-state index contributed by atoms with van der Waals surface area (Å²) in [6.45, 7) is 3.92. The molecular formula is C19H21N5. The van der Waals surface area contributed by atoms with Crippen LogP contribution in [0, 0.1) is 6.92 Å². The molecule has 0 saturated carbocycles. The lowest BCUT2D eigenvalue weighted by Gasteiger charge is -2.13. The van der Waals surface area contributed by atoms with Gasteiger partial charge in [-0.1, -0.05) is 30.3 Å². The van der Waals surface area contributed by atoms with E-state index >= 15 is 0 Å². The van der Waals surface area contributed by atoms with Gasteiger partial charge in [0.2, 0.25) is 0 Å². The Balaban J connectivity index is 1.43. The zero-order valence-corrected chi connectivity index (χ0v) is 13.7. The van der Waals surface area contributed by atoms with Crippen LogP contribution in [0.1, 0.15) is 29.5 Å². The summed E-state index contributed by atoms with van der Waals surface area (Å²) < 4.78 is 2.27. The summed E-state index contributed by atoms with van der Waals surface area (Å²) >= 11 is 0. The summed E-state index contributed by atoms with van der Waals surface area (Å²) in [5.74, 6) is 1.99. The normalized spacial score (nSPS) is 16.0. The van der Waals surface area contributed by atoms with Crippen molar-refractivity contribution in [3.63, 3.8) is 0 Å². The molecule has 1 atom stereocenters. The van der Waals surface area contributed by atoms with E-state index in [1.165, 1.54) is 11.3 Å². The number of aryl methyl sites for hydroxylation is 1. The Bertz CT molecular complexity index is 825. The number of anilines is 2. The van der Waals surface area contributed by atoms with Gasteiger partial charge in [-0.25, -0.2) is 9.97 Å². The minimum Gasteiger partial charge on any atom is -0.381 e. The van der Waals surface area contributed by atoms with Gasteiger partial charge in [-0.2, -0.15) is 0 Å². The number of imidazole rings is 1. The maximum Gasteiger partial charge on any atom is 0.131 e. The van der Waals surface area contributed by atoms with E-state index in [1.54, 1.807) is 0 Å². The predicted molar refractivity (Wildman–Crippen MR) is 96.0 cm³/mol.